The van der Waals surface area contributed by atoms with E-state index in [2.05, 4.69) is 29.4 Å². The minimum Gasteiger partial charge on any atom is -0.479 e. The molecule has 8 heteroatoms. The first-order valence-corrected chi connectivity index (χ1v) is 8.48. The van der Waals surface area contributed by atoms with Crippen molar-refractivity contribution in [1.82, 2.24) is 15.5 Å². The van der Waals surface area contributed by atoms with Gasteiger partial charge >= 0.3 is 5.97 Å². The van der Waals surface area contributed by atoms with Gasteiger partial charge in [-0.2, -0.15) is 0 Å². The van der Waals surface area contributed by atoms with Crippen LogP contribution in [0.4, 0.5) is 0 Å². The quantitative estimate of drug-likeness (QED) is 0.449. The summed E-state index contributed by atoms with van der Waals surface area (Å²) in [7, 11) is 0. The maximum Gasteiger partial charge on any atom is 0.336 e. The first-order valence-electron chi connectivity index (χ1n) is 8.48. The fourth-order valence-electron chi connectivity index (χ4n) is 2.46. The molecule has 1 aliphatic heterocycles. The molecule has 8 nitrogen and oxygen atoms in total. The SMILES string of the molecule is CCN(CC)CCNC(=O)[C@H](CC(C)C)NC(=O)C1OC1C(=O)O. The van der Waals surface area contributed by atoms with Crippen LogP contribution in [0.15, 0.2) is 0 Å². The molecule has 2 amide bonds. The number of hydrogen-bond acceptors (Lipinski definition) is 5. The monoisotopic (exact) mass is 343 g/mol. The van der Waals surface area contributed by atoms with E-state index in [0.717, 1.165) is 19.6 Å². The van der Waals surface area contributed by atoms with Crippen molar-refractivity contribution < 1.29 is 24.2 Å². The lowest BCUT2D eigenvalue weighted by molar-refractivity contribution is -0.138. The molecule has 0 aromatic heterocycles. The number of rotatable bonds is 11. The number of hydrogen-bond donors (Lipinski definition) is 3. The molecule has 0 bridgehead atoms. The van der Waals surface area contributed by atoms with Gasteiger partial charge in [0, 0.05) is 13.1 Å². The van der Waals surface area contributed by atoms with Gasteiger partial charge in [0.15, 0.2) is 12.2 Å². The molecule has 1 saturated heterocycles. The number of carbonyl (C=O) groups excluding carboxylic acids is 2. The number of carboxylic acid groups (broad SMARTS) is 1. The van der Waals surface area contributed by atoms with E-state index in [1.807, 2.05) is 13.8 Å². The van der Waals surface area contributed by atoms with Crippen LogP contribution in [0.25, 0.3) is 0 Å². The molecule has 0 radical (unpaired) electrons. The standard InChI is InChI=1S/C16H29N3O5/c1-5-19(6-2)8-7-17-14(20)11(9-10(3)4)18-15(21)12-13(24-12)16(22)23/h10-13H,5-9H2,1-4H3,(H,17,20)(H,18,21)(H,22,23)/t11-,12?,13?/m0/s1. The van der Waals surface area contributed by atoms with E-state index in [1.165, 1.54) is 0 Å². The zero-order valence-electron chi connectivity index (χ0n) is 14.9. The van der Waals surface area contributed by atoms with Gasteiger partial charge in [0.25, 0.3) is 5.91 Å². The fraction of sp³-hybridized carbons (Fsp3) is 0.812. The van der Waals surface area contributed by atoms with Crippen molar-refractivity contribution in [3.8, 4) is 0 Å². The highest BCUT2D eigenvalue weighted by Gasteiger charge is 2.51. The summed E-state index contributed by atoms with van der Waals surface area (Å²) in [6.45, 7) is 11.1. The van der Waals surface area contributed by atoms with Crippen LogP contribution in [0.1, 0.15) is 34.1 Å². The van der Waals surface area contributed by atoms with Crippen LogP contribution in [0.3, 0.4) is 0 Å². The van der Waals surface area contributed by atoms with Crippen molar-refractivity contribution in [2.24, 2.45) is 5.92 Å². The minimum atomic E-state index is -1.17. The molecule has 1 aliphatic rings. The second kappa shape index (κ2) is 9.58. The number of carboxylic acids is 1. The molecule has 1 fully saturated rings. The Morgan fingerprint density at radius 1 is 1.17 bits per heavy atom. The average Bonchev–Trinajstić information content (AvgIpc) is 3.31. The Morgan fingerprint density at radius 3 is 2.25 bits per heavy atom. The number of ether oxygens (including phenoxy) is 1. The number of nitrogens with one attached hydrogen (secondary N) is 2. The number of epoxide rings is 1. The minimum absolute atomic E-state index is 0.208. The second-order valence-corrected chi connectivity index (χ2v) is 6.32. The van der Waals surface area contributed by atoms with Crippen molar-refractivity contribution in [2.75, 3.05) is 26.2 Å². The van der Waals surface area contributed by atoms with Gasteiger partial charge in [-0.15, -0.1) is 0 Å². The van der Waals surface area contributed by atoms with Crippen LogP contribution in [-0.2, 0) is 19.1 Å². The van der Waals surface area contributed by atoms with E-state index < -0.39 is 30.1 Å². The second-order valence-electron chi connectivity index (χ2n) is 6.32. The van der Waals surface area contributed by atoms with Gasteiger partial charge in [-0.3, -0.25) is 9.59 Å². The maximum absolute atomic E-state index is 12.3. The summed E-state index contributed by atoms with van der Waals surface area (Å²) >= 11 is 0. The van der Waals surface area contributed by atoms with Gasteiger partial charge in [-0.1, -0.05) is 27.7 Å². The van der Waals surface area contributed by atoms with E-state index in [0.29, 0.717) is 13.0 Å². The summed E-state index contributed by atoms with van der Waals surface area (Å²) in [6, 6.07) is -0.687. The van der Waals surface area contributed by atoms with Gasteiger partial charge in [-0.05, 0) is 25.4 Å². The molecule has 24 heavy (non-hydrogen) atoms. The first kappa shape index (κ1) is 20.4. The van der Waals surface area contributed by atoms with Gasteiger partial charge in [-0.25, -0.2) is 4.79 Å². The Labute approximate surface area is 142 Å². The lowest BCUT2D eigenvalue weighted by Gasteiger charge is -2.22. The van der Waals surface area contributed by atoms with Crippen molar-refractivity contribution in [3.05, 3.63) is 0 Å². The van der Waals surface area contributed by atoms with Crippen molar-refractivity contribution in [2.45, 2.75) is 52.4 Å². The molecule has 0 aliphatic carbocycles. The molecule has 0 aromatic rings. The molecular formula is C16H29N3O5. The molecule has 0 saturated carbocycles. The molecule has 3 N–H and O–H groups in total. The van der Waals surface area contributed by atoms with E-state index in [9.17, 15) is 14.4 Å². The third kappa shape index (κ3) is 6.45. The van der Waals surface area contributed by atoms with Crippen molar-refractivity contribution in [1.29, 1.82) is 0 Å². The third-order valence-electron chi connectivity index (χ3n) is 3.96. The highest BCUT2D eigenvalue weighted by Crippen LogP contribution is 2.22. The number of nitrogens with zero attached hydrogens (tertiary/aromatic N) is 1. The molecular weight excluding hydrogens is 314 g/mol. The van der Waals surface area contributed by atoms with Gasteiger partial charge in [0.05, 0.1) is 0 Å². The Balaban J connectivity index is 2.50. The Bertz CT molecular complexity index is 451. The molecule has 0 aromatic carbocycles. The first-order chi connectivity index (χ1) is 11.3. The Hall–Kier alpha value is -1.67. The average molecular weight is 343 g/mol. The summed E-state index contributed by atoms with van der Waals surface area (Å²) < 4.78 is 4.82. The summed E-state index contributed by atoms with van der Waals surface area (Å²) in [6.07, 6.45) is -1.62. The molecule has 3 atom stereocenters. The lowest BCUT2D eigenvalue weighted by Crippen LogP contribution is -2.50. The normalized spacial score (nSPS) is 20.8. The molecule has 1 heterocycles. The smallest absolute Gasteiger partial charge is 0.336 e. The molecule has 0 spiro atoms. The van der Waals surface area contributed by atoms with Crippen LogP contribution in [0.2, 0.25) is 0 Å². The Kier molecular flexibility index (Phi) is 8.14. The summed E-state index contributed by atoms with van der Waals surface area (Å²) in [5, 5.41) is 14.2. The summed E-state index contributed by atoms with van der Waals surface area (Å²) in [4.78, 5) is 37.3. The fourth-order valence-corrected chi connectivity index (χ4v) is 2.46. The van der Waals surface area contributed by atoms with Crippen LogP contribution in [0.5, 0.6) is 0 Å². The zero-order chi connectivity index (χ0) is 18.3. The van der Waals surface area contributed by atoms with Crippen LogP contribution in [0, 0.1) is 5.92 Å². The highest BCUT2D eigenvalue weighted by atomic mass is 16.6. The van der Waals surface area contributed by atoms with E-state index >= 15 is 0 Å². The van der Waals surface area contributed by atoms with Crippen molar-refractivity contribution >= 4 is 17.8 Å². The Morgan fingerprint density at radius 2 is 1.79 bits per heavy atom. The van der Waals surface area contributed by atoms with E-state index in [1.54, 1.807) is 0 Å². The summed E-state index contributed by atoms with van der Waals surface area (Å²) in [5.74, 6) is -1.76. The van der Waals surface area contributed by atoms with Gasteiger partial charge in [0.2, 0.25) is 5.91 Å². The van der Waals surface area contributed by atoms with Crippen LogP contribution < -0.4 is 10.6 Å². The predicted molar refractivity (Wildman–Crippen MR) is 88.5 cm³/mol. The lowest BCUT2D eigenvalue weighted by atomic mass is 10.0. The van der Waals surface area contributed by atoms with Crippen LogP contribution in [-0.4, -0.2) is 72.2 Å². The number of likely N-dealkylation sites (N-methyl/N-ethyl adjacent to an activating group) is 1. The molecule has 1 rings (SSSR count). The number of amides is 2. The van der Waals surface area contributed by atoms with Gasteiger partial charge in [0.1, 0.15) is 6.04 Å². The number of carbonyl (C=O) groups is 3. The topological polar surface area (TPSA) is 111 Å². The highest BCUT2D eigenvalue weighted by molar-refractivity contribution is 5.95. The van der Waals surface area contributed by atoms with Crippen LogP contribution >= 0.6 is 0 Å². The zero-order valence-corrected chi connectivity index (χ0v) is 14.9. The molecule has 138 valence electrons. The third-order valence-corrected chi connectivity index (χ3v) is 3.96. The maximum atomic E-state index is 12.3. The van der Waals surface area contributed by atoms with E-state index in [-0.39, 0.29) is 11.8 Å². The predicted octanol–water partition coefficient (Wildman–Crippen LogP) is -0.173. The molecule has 2 unspecified atom stereocenters. The van der Waals surface area contributed by atoms with E-state index in [4.69, 9.17) is 9.84 Å². The largest absolute Gasteiger partial charge is 0.479 e. The summed E-state index contributed by atoms with van der Waals surface area (Å²) in [5.41, 5.74) is 0. The number of aliphatic carboxylic acids is 1. The van der Waals surface area contributed by atoms with Crippen molar-refractivity contribution in [3.63, 3.8) is 0 Å². The van der Waals surface area contributed by atoms with Gasteiger partial charge < -0.3 is 25.4 Å².